The first kappa shape index (κ1) is 16.2. The Morgan fingerprint density at radius 1 is 1.50 bits per heavy atom. The second-order valence-corrected chi connectivity index (χ2v) is 6.24. The van der Waals surface area contributed by atoms with E-state index in [9.17, 15) is 4.79 Å². The van der Waals surface area contributed by atoms with E-state index in [2.05, 4.69) is 21.3 Å². The largest absolute Gasteiger partial charge is 0.342 e. The molecular formula is C18H21N5O. The summed E-state index contributed by atoms with van der Waals surface area (Å²) in [4.78, 5) is 19.1. The van der Waals surface area contributed by atoms with Crippen molar-refractivity contribution in [2.45, 2.75) is 32.4 Å². The summed E-state index contributed by atoms with van der Waals surface area (Å²) in [5.74, 6) is 0.584. The van der Waals surface area contributed by atoms with E-state index in [0.29, 0.717) is 18.1 Å². The molecule has 124 valence electrons. The maximum Gasteiger partial charge on any atom is 0.242 e. The average molecular weight is 323 g/mol. The zero-order valence-electron chi connectivity index (χ0n) is 14.0. The van der Waals surface area contributed by atoms with Gasteiger partial charge in [-0.25, -0.2) is 4.98 Å². The van der Waals surface area contributed by atoms with Crippen LogP contribution in [0.1, 0.15) is 29.8 Å². The molecule has 0 aliphatic carbocycles. The Kier molecular flexibility index (Phi) is 4.63. The molecule has 0 aromatic carbocycles. The number of likely N-dealkylation sites (tertiary alicyclic amines) is 1. The number of anilines is 1. The molecule has 6 heteroatoms. The maximum absolute atomic E-state index is 12.6. The number of amides is 1. The highest BCUT2D eigenvalue weighted by atomic mass is 16.2. The number of nitrogens with one attached hydrogen (secondary N) is 1. The minimum Gasteiger partial charge on any atom is -0.342 e. The lowest BCUT2D eigenvalue weighted by atomic mass is 10.2. The van der Waals surface area contributed by atoms with Crippen LogP contribution in [0.15, 0.2) is 30.5 Å². The Labute approximate surface area is 141 Å². The van der Waals surface area contributed by atoms with Gasteiger partial charge in [-0.2, -0.15) is 5.26 Å². The molecule has 1 atom stereocenters. The molecule has 2 aromatic heterocycles. The third-order valence-electron chi connectivity index (χ3n) is 4.37. The number of aryl methyl sites for hydroxylation is 2. The number of carbonyl (C=O) groups is 1. The molecule has 24 heavy (non-hydrogen) atoms. The van der Waals surface area contributed by atoms with E-state index in [1.165, 1.54) is 0 Å². The van der Waals surface area contributed by atoms with Crippen LogP contribution in [-0.2, 0) is 18.4 Å². The number of nitriles is 1. The van der Waals surface area contributed by atoms with Crippen LogP contribution in [0.5, 0.6) is 0 Å². The summed E-state index contributed by atoms with van der Waals surface area (Å²) in [6.45, 7) is 3.46. The molecule has 1 saturated heterocycles. The normalized spacial score (nSPS) is 17.6. The fourth-order valence-corrected chi connectivity index (χ4v) is 3.20. The van der Waals surface area contributed by atoms with Crippen LogP contribution in [0, 0.1) is 18.3 Å². The molecule has 3 rings (SSSR count). The first-order valence-electron chi connectivity index (χ1n) is 8.11. The van der Waals surface area contributed by atoms with Crippen molar-refractivity contribution < 1.29 is 4.79 Å². The minimum absolute atomic E-state index is 0.0120. The lowest BCUT2D eigenvalue weighted by Crippen LogP contribution is -2.39. The van der Waals surface area contributed by atoms with Gasteiger partial charge in [0.1, 0.15) is 17.6 Å². The van der Waals surface area contributed by atoms with Gasteiger partial charge < -0.3 is 9.88 Å². The average Bonchev–Trinajstić information content (AvgIpc) is 3.14. The summed E-state index contributed by atoms with van der Waals surface area (Å²) in [5, 5.41) is 12.0. The summed E-state index contributed by atoms with van der Waals surface area (Å²) < 4.78 is 1.82. The van der Waals surface area contributed by atoms with Gasteiger partial charge >= 0.3 is 0 Å². The van der Waals surface area contributed by atoms with E-state index in [1.54, 1.807) is 6.07 Å². The minimum atomic E-state index is -0.155. The van der Waals surface area contributed by atoms with Gasteiger partial charge in [-0.15, -0.1) is 0 Å². The zero-order chi connectivity index (χ0) is 17.1. The highest BCUT2D eigenvalue weighted by Gasteiger charge is 2.31. The highest BCUT2D eigenvalue weighted by molar-refractivity contribution is 5.94. The van der Waals surface area contributed by atoms with Crippen molar-refractivity contribution in [3.8, 4) is 6.07 Å². The van der Waals surface area contributed by atoms with Crippen LogP contribution in [0.4, 0.5) is 5.82 Å². The van der Waals surface area contributed by atoms with Crippen molar-refractivity contribution in [1.82, 2.24) is 14.5 Å². The Hall–Kier alpha value is -2.65. The lowest BCUT2D eigenvalue weighted by molar-refractivity contribution is -0.120. The second-order valence-electron chi connectivity index (χ2n) is 6.24. The number of aromatic nitrogens is 2. The number of hydrogen-bond acceptors (Lipinski definition) is 4. The Balaban J connectivity index is 1.68. The van der Waals surface area contributed by atoms with Crippen molar-refractivity contribution in [3.63, 3.8) is 0 Å². The van der Waals surface area contributed by atoms with Gasteiger partial charge in [0.05, 0.1) is 6.04 Å². The molecule has 1 fully saturated rings. The topological polar surface area (TPSA) is 74.0 Å². The molecule has 0 saturated carbocycles. The van der Waals surface area contributed by atoms with Gasteiger partial charge in [-0.1, -0.05) is 6.07 Å². The molecule has 6 nitrogen and oxygen atoms in total. The Bertz CT molecular complexity index is 789. The summed E-state index contributed by atoms with van der Waals surface area (Å²) >= 11 is 0. The van der Waals surface area contributed by atoms with Crippen molar-refractivity contribution in [2.24, 2.45) is 7.05 Å². The van der Waals surface area contributed by atoms with Crippen LogP contribution in [-0.4, -0.2) is 32.9 Å². The fraction of sp³-hybridized carbons (Fsp3) is 0.389. The third-order valence-corrected chi connectivity index (χ3v) is 4.37. The van der Waals surface area contributed by atoms with E-state index in [4.69, 9.17) is 5.26 Å². The molecule has 1 N–H and O–H groups in total. The van der Waals surface area contributed by atoms with E-state index >= 15 is 0 Å². The standard InChI is InChI=1S/C18H21N5O/c1-13-5-3-7-17(20-13)21-18(24)16-6-4-8-23(16)12-14-9-15(10-19)22(2)11-14/h3,5,7,9,11,16H,4,6,8,12H2,1-2H3,(H,20,21,24)/t16-/m0/s1. The van der Waals surface area contributed by atoms with Crippen molar-refractivity contribution >= 4 is 11.7 Å². The lowest BCUT2D eigenvalue weighted by Gasteiger charge is -2.23. The molecule has 1 aliphatic heterocycles. The number of hydrogen-bond donors (Lipinski definition) is 1. The predicted molar refractivity (Wildman–Crippen MR) is 91.2 cm³/mol. The predicted octanol–water partition coefficient (Wildman–Crippen LogP) is 2.20. The quantitative estimate of drug-likeness (QED) is 0.936. The van der Waals surface area contributed by atoms with Crippen LogP contribution < -0.4 is 5.32 Å². The van der Waals surface area contributed by atoms with Crippen molar-refractivity contribution in [2.75, 3.05) is 11.9 Å². The monoisotopic (exact) mass is 323 g/mol. The highest BCUT2D eigenvalue weighted by Crippen LogP contribution is 2.22. The molecule has 0 spiro atoms. The molecular weight excluding hydrogens is 302 g/mol. The number of pyridine rings is 1. The first-order chi connectivity index (χ1) is 11.6. The maximum atomic E-state index is 12.6. The molecule has 0 bridgehead atoms. The Morgan fingerprint density at radius 2 is 2.33 bits per heavy atom. The molecule has 1 amide bonds. The number of rotatable bonds is 4. The smallest absolute Gasteiger partial charge is 0.242 e. The summed E-state index contributed by atoms with van der Waals surface area (Å²) in [6.07, 6.45) is 3.79. The summed E-state index contributed by atoms with van der Waals surface area (Å²) in [6, 6.07) is 9.49. The van der Waals surface area contributed by atoms with E-state index in [1.807, 2.05) is 42.9 Å². The number of carbonyl (C=O) groups excluding carboxylic acids is 1. The third kappa shape index (κ3) is 3.47. The van der Waals surface area contributed by atoms with Crippen LogP contribution >= 0.6 is 0 Å². The van der Waals surface area contributed by atoms with E-state index in [-0.39, 0.29) is 11.9 Å². The van der Waals surface area contributed by atoms with Crippen molar-refractivity contribution in [1.29, 1.82) is 5.26 Å². The van der Waals surface area contributed by atoms with Gasteiger partial charge in [-0.05, 0) is 50.1 Å². The SMILES string of the molecule is Cc1cccc(NC(=O)[C@@H]2CCCN2Cc2cc(C#N)n(C)c2)n1. The Morgan fingerprint density at radius 3 is 3.04 bits per heavy atom. The number of nitrogens with zero attached hydrogens (tertiary/aromatic N) is 4. The van der Waals surface area contributed by atoms with Gasteiger partial charge in [0.2, 0.25) is 5.91 Å². The molecule has 0 radical (unpaired) electrons. The second kappa shape index (κ2) is 6.85. The van der Waals surface area contributed by atoms with Gasteiger partial charge in [0.15, 0.2) is 0 Å². The van der Waals surface area contributed by atoms with Crippen LogP contribution in [0.25, 0.3) is 0 Å². The summed E-state index contributed by atoms with van der Waals surface area (Å²) in [5.41, 5.74) is 2.57. The van der Waals surface area contributed by atoms with Crippen LogP contribution in [0.2, 0.25) is 0 Å². The first-order valence-corrected chi connectivity index (χ1v) is 8.11. The molecule has 1 aliphatic rings. The fourth-order valence-electron chi connectivity index (χ4n) is 3.20. The van der Waals surface area contributed by atoms with Gasteiger partial charge in [-0.3, -0.25) is 9.69 Å². The van der Waals surface area contributed by atoms with Crippen LogP contribution in [0.3, 0.4) is 0 Å². The van der Waals surface area contributed by atoms with E-state index < -0.39 is 0 Å². The van der Waals surface area contributed by atoms with E-state index in [0.717, 1.165) is 30.6 Å². The molecule has 0 unspecified atom stereocenters. The zero-order valence-corrected chi connectivity index (χ0v) is 14.0. The molecule has 3 heterocycles. The van der Waals surface area contributed by atoms with Gasteiger partial charge in [0, 0.05) is 25.5 Å². The van der Waals surface area contributed by atoms with Crippen molar-refractivity contribution in [3.05, 3.63) is 47.4 Å². The summed E-state index contributed by atoms with van der Waals surface area (Å²) in [7, 11) is 1.86. The molecule has 2 aromatic rings. The van der Waals surface area contributed by atoms with Gasteiger partial charge in [0.25, 0.3) is 0 Å².